The minimum atomic E-state index is 0.428. The highest BCUT2D eigenvalue weighted by Crippen LogP contribution is 2.52. The van der Waals surface area contributed by atoms with Gasteiger partial charge in [-0.15, -0.1) is 0 Å². The highest BCUT2D eigenvalue weighted by Gasteiger charge is 2.43. The molecule has 4 rings (SSSR count). The van der Waals surface area contributed by atoms with Crippen LogP contribution in [-0.2, 0) is 0 Å². The Bertz CT molecular complexity index is 869. The molecule has 0 spiro atoms. The third-order valence-electron chi connectivity index (χ3n) is 6.05. The van der Waals surface area contributed by atoms with Crippen molar-refractivity contribution in [3.8, 4) is 0 Å². The van der Waals surface area contributed by atoms with Gasteiger partial charge in [0, 0.05) is 29.3 Å². The first-order valence-electron chi connectivity index (χ1n) is 10.2. The van der Waals surface area contributed by atoms with Crippen LogP contribution in [0.5, 0.6) is 0 Å². The lowest BCUT2D eigenvalue weighted by Gasteiger charge is -2.39. The molecule has 1 aliphatic rings. The van der Waals surface area contributed by atoms with E-state index in [1.165, 1.54) is 22.5 Å². The Kier molecular flexibility index (Phi) is 5.03. The van der Waals surface area contributed by atoms with E-state index >= 15 is 0 Å². The summed E-state index contributed by atoms with van der Waals surface area (Å²) in [5.41, 5.74) is 5.62. The second-order valence-corrected chi connectivity index (χ2v) is 7.95. The average molecular weight is 356 g/mol. The number of fused-ring (bicyclic) bond motifs is 1. The van der Waals surface area contributed by atoms with Crippen molar-refractivity contribution >= 4 is 11.4 Å². The molecule has 1 heteroatoms. The zero-order valence-electron chi connectivity index (χ0n) is 16.5. The molecule has 1 nitrogen and oxygen atoms in total. The first-order valence-corrected chi connectivity index (χ1v) is 10.2. The molecule has 0 bridgehead atoms. The van der Waals surface area contributed by atoms with E-state index in [9.17, 15) is 0 Å². The van der Waals surface area contributed by atoms with Crippen molar-refractivity contribution in [1.82, 2.24) is 0 Å². The molecule has 0 amide bonds. The van der Waals surface area contributed by atoms with Crippen LogP contribution in [0.1, 0.15) is 50.2 Å². The van der Waals surface area contributed by atoms with E-state index in [1.807, 2.05) is 0 Å². The maximum atomic E-state index is 2.61. The molecule has 0 radical (unpaired) electrons. The van der Waals surface area contributed by atoms with Crippen molar-refractivity contribution < 1.29 is 0 Å². The molecule has 0 fully saturated rings. The summed E-state index contributed by atoms with van der Waals surface area (Å²) in [7, 11) is 0. The van der Waals surface area contributed by atoms with Gasteiger partial charge in [-0.2, -0.15) is 0 Å². The van der Waals surface area contributed by atoms with Gasteiger partial charge in [0.15, 0.2) is 0 Å². The van der Waals surface area contributed by atoms with Gasteiger partial charge in [0.25, 0.3) is 0 Å². The van der Waals surface area contributed by atoms with Gasteiger partial charge in [0.05, 0.1) is 0 Å². The minimum Gasteiger partial charge on any atom is -0.337 e. The third-order valence-corrected chi connectivity index (χ3v) is 6.05. The van der Waals surface area contributed by atoms with Crippen LogP contribution in [-0.4, -0.2) is 6.04 Å². The number of hydrogen-bond acceptors (Lipinski definition) is 1. The molecule has 3 aromatic rings. The topological polar surface area (TPSA) is 3.24 Å². The van der Waals surface area contributed by atoms with E-state index in [1.54, 1.807) is 0 Å². The van der Waals surface area contributed by atoms with Gasteiger partial charge in [-0.3, -0.25) is 0 Å². The van der Waals surface area contributed by atoms with Crippen molar-refractivity contribution in [3.63, 3.8) is 0 Å². The lowest BCUT2D eigenvalue weighted by Crippen LogP contribution is -2.38. The highest BCUT2D eigenvalue weighted by atomic mass is 15.2. The van der Waals surface area contributed by atoms with E-state index in [0.717, 1.165) is 6.42 Å². The first kappa shape index (κ1) is 17.9. The van der Waals surface area contributed by atoms with Crippen molar-refractivity contribution in [1.29, 1.82) is 0 Å². The maximum absolute atomic E-state index is 2.61. The van der Waals surface area contributed by atoms with Crippen LogP contribution in [0.25, 0.3) is 0 Å². The molecule has 138 valence electrons. The lowest BCUT2D eigenvalue weighted by molar-refractivity contribution is 0.376. The van der Waals surface area contributed by atoms with Crippen LogP contribution in [0.4, 0.5) is 11.4 Å². The predicted octanol–water partition coefficient (Wildman–Crippen LogP) is 7.14. The number of benzene rings is 3. The summed E-state index contributed by atoms with van der Waals surface area (Å²) >= 11 is 0. The summed E-state index contributed by atoms with van der Waals surface area (Å²) in [4.78, 5) is 2.61. The Morgan fingerprint density at radius 2 is 1.37 bits per heavy atom. The van der Waals surface area contributed by atoms with E-state index in [2.05, 4.69) is 111 Å². The van der Waals surface area contributed by atoms with Crippen LogP contribution < -0.4 is 4.90 Å². The maximum Gasteiger partial charge on any atom is 0.0482 e. The van der Waals surface area contributed by atoms with Crippen molar-refractivity contribution in [2.45, 2.75) is 45.1 Å². The molecular formula is C26H29N. The molecule has 3 unspecified atom stereocenters. The predicted molar refractivity (Wildman–Crippen MR) is 116 cm³/mol. The lowest BCUT2D eigenvalue weighted by atomic mass is 9.75. The molecule has 1 aliphatic heterocycles. The zero-order chi connectivity index (χ0) is 18.8. The van der Waals surface area contributed by atoms with Gasteiger partial charge in [0.2, 0.25) is 0 Å². The second kappa shape index (κ2) is 7.60. The number of anilines is 2. The monoisotopic (exact) mass is 355 g/mol. The van der Waals surface area contributed by atoms with Crippen molar-refractivity contribution in [2.75, 3.05) is 4.90 Å². The molecule has 1 heterocycles. The molecule has 0 aromatic heterocycles. The summed E-state index contributed by atoms with van der Waals surface area (Å²) in [6, 6.07) is 31.5. The summed E-state index contributed by atoms with van der Waals surface area (Å²) in [6.45, 7) is 7.08. The van der Waals surface area contributed by atoms with Gasteiger partial charge in [0.1, 0.15) is 0 Å². The fourth-order valence-corrected chi connectivity index (χ4v) is 4.97. The Morgan fingerprint density at radius 1 is 0.778 bits per heavy atom. The largest absolute Gasteiger partial charge is 0.337 e. The minimum absolute atomic E-state index is 0.428. The van der Waals surface area contributed by atoms with Crippen LogP contribution in [0, 0.1) is 5.92 Å². The van der Waals surface area contributed by atoms with E-state index in [4.69, 9.17) is 0 Å². The van der Waals surface area contributed by atoms with E-state index < -0.39 is 0 Å². The molecule has 0 saturated heterocycles. The third kappa shape index (κ3) is 3.16. The van der Waals surface area contributed by atoms with Crippen molar-refractivity contribution in [2.24, 2.45) is 5.92 Å². The molecule has 0 saturated carbocycles. The van der Waals surface area contributed by atoms with Crippen LogP contribution >= 0.6 is 0 Å². The fourth-order valence-electron chi connectivity index (χ4n) is 4.97. The normalized spacial score (nSPS) is 19.9. The number of hydrogen-bond donors (Lipinski definition) is 0. The molecule has 3 aromatic carbocycles. The first-order chi connectivity index (χ1) is 13.2. The Balaban J connectivity index is 1.90. The van der Waals surface area contributed by atoms with Gasteiger partial charge in [-0.1, -0.05) is 87.5 Å². The summed E-state index contributed by atoms with van der Waals surface area (Å²) in [5, 5.41) is 0. The van der Waals surface area contributed by atoms with E-state index in [-0.39, 0.29) is 0 Å². The van der Waals surface area contributed by atoms with Gasteiger partial charge in [-0.05, 0) is 41.7 Å². The van der Waals surface area contributed by atoms with Crippen LogP contribution in [0.15, 0.2) is 84.9 Å². The van der Waals surface area contributed by atoms with Gasteiger partial charge >= 0.3 is 0 Å². The molecule has 3 atom stereocenters. The molecular weight excluding hydrogens is 326 g/mol. The zero-order valence-corrected chi connectivity index (χ0v) is 16.5. The van der Waals surface area contributed by atoms with Crippen LogP contribution in [0.3, 0.4) is 0 Å². The Hall–Kier alpha value is -2.54. The van der Waals surface area contributed by atoms with Gasteiger partial charge < -0.3 is 4.90 Å². The molecule has 0 N–H and O–H groups in total. The summed E-state index contributed by atoms with van der Waals surface area (Å²) in [5.74, 6) is 1.57. The molecule has 0 aliphatic carbocycles. The number of rotatable bonds is 5. The number of para-hydroxylation sites is 2. The summed E-state index contributed by atoms with van der Waals surface area (Å²) < 4.78 is 0. The SMILES string of the molecule is CCC1c2ccccc2N(c2ccccc2)C1C(c1ccccc1)C(C)C. The summed E-state index contributed by atoms with van der Waals surface area (Å²) in [6.07, 6.45) is 1.15. The average Bonchev–Trinajstić information content (AvgIpc) is 3.03. The molecule has 27 heavy (non-hydrogen) atoms. The fraction of sp³-hybridized carbons (Fsp3) is 0.308. The van der Waals surface area contributed by atoms with Gasteiger partial charge in [-0.25, -0.2) is 0 Å². The second-order valence-electron chi connectivity index (χ2n) is 7.95. The van der Waals surface area contributed by atoms with E-state index in [0.29, 0.717) is 23.8 Å². The number of nitrogens with zero attached hydrogens (tertiary/aromatic N) is 1. The standard InChI is InChI=1S/C26H29N/c1-4-22-23-17-11-12-18-24(23)27(21-15-9-6-10-16-21)26(22)25(19(2)3)20-13-7-5-8-14-20/h5-19,22,25-26H,4H2,1-3H3. The van der Waals surface area contributed by atoms with Crippen molar-refractivity contribution in [3.05, 3.63) is 96.1 Å². The Morgan fingerprint density at radius 3 is 2.00 bits per heavy atom. The smallest absolute Gasteiger partial charge is 0.0482 e. The Labute approximate surface area is 163 Å². The quantitative estimate of drug-likeness (QED) is 0.470. The highest BCUT2D eigenvalue weighted by molar-refractivity contribution is 5.73. The van der Waals surface area contributed by atoms with Crippen LogP contribution in [0.2, 0.25) is 0 Å².